The van der Waals surface area contributed by atoms with Crippen molar-refractivity contribution in [3.63, 3.8) is 0 Å². The maximum atomic E-state index is 12.1. The topological polar surface area (TPSA) is 87.3 Å². The highest BCUT2D eigenvalue weighted by atomic mass is 35.5. The van der Waals surface area contributed by atoms with Crippen LogP contribution in [0.15, 0.2) is 47.4 Å². The lowest BCUT2D eigenvalue weighted by Crippen LogP contribution is -2.29. The van der Waals surface area contributed by atoms with E-state index in [0.717, 1.165) is 18.4 Å². The van der Waals surface area contributed by atoms with Crippen LogP contribution in [-0.2, 0) is 21.2 Å². The predicted molar refractivity (Wildman–Crippen MR) is 111 cm³/mol. The van der Waals surface area contributed by atoms with Crippen molar-refractivity contribution in [2.24, 2.45) is 0 Å². The van der Waals surface area contributed by atoms with E-state index >= 15 is 0 Å². The minimum Gasteiger partial charge on any atom is -0.299 e. The molecule has 6 nitrogen and oxygen atoms in total. The van der Waals surface area contributed by atoms with Gasteiger partial charge in [0.25, 0.3) is 0 Å². The van der Waals surface area contributed by atoms with Crippen molar-refractivity contribution in [2.45, 2.75) is 43.0 Å². The minimum absolute atomic E-state index is 0.0611. The first-order valence-corrected chi connectivity index (χ1v) is 11.2. The Morgan fingerprint density at radius 3 is 2.39 bits per heavy atom. The molecule has 3 rings (SSSR count). The van der Waals surface area contributed by atoms with Gasteiger partial charge in [0.05, 0.1) is 20.6 Å². The van der Waals surface area contributed by atoms with Gasteiger partial charge in [-0.2, -0.15) is 0 Å². The van der Waals surface area contributed by atoms with Crippen molar-refractivity contribution < 1.29 is 13.2 Å². The number of amides is 1. The minimum atomic E-state index is -3.47. The summed E-state index contributed by atoms with van der Waals surface area (Å²) in [6.07, 6.45) is 3.48. The number of aryl methyl sites for hydroxylation is 1. The van der Waals surface area contributed by atoms with Gasteiger partial charge in [-0.05, 0) is 67.6 Å². The van der Waals surface area contributed by atoms with Crippen LogP contribution in [0.5, 0.6) is 0 Å². The molecule has 28 heavy (non-hydrogen) atoms. The number of hydrazine groups is 1. The first kappa shape index (κ1) is 20.9. The van der Waals surface area contributed by atoms with Crippen molar-refractivity contribution in [3.8, 4) is 0 Å². The number of nitrogens with one attached hydrogen (secondary N) is 3. The molecule has 0 aliphatic heterocycles. The molecule has 1 aliphatic rings. The molecule has 1 fully saturated rings. The van der Waals surface area contributed by atoms with Crippen LogP contribution in [0.3, 0.4) is 0 Å². The summed E-state index contributed by atoms with van der Waals surface area (Å²) >= 11 is 11.9. The van der Waals surface area contributed by atoms with Crippen molar-refractivity contribution in [2.75, 3.05) is 5.43 Å². The van der Waals surface area contributed by atoms with E-state index in [-0.39, 0.29) is 16.8 Å². The van der Waals surface area contributed by atoms with E-state index in [4.69, 9.17) is 23.2 Å². The zero-order valence-corrected chi connectivity index (χ0v) is 17.4. The highest BCUT2D eigenvalue weighted by molar-refractivity contribution is 7.89. The Hall–Kier alpha value is -1.80. The first-order chi connectivity index (χ1) is 13.3. The summed E-state index contributed by atoms with van der Waals surface area (Å²) in [6.45, 7) is 0. The summed E-state index contributed by atoms with van der Waals surface area (Å²) < 4.78 is 26.9. The second kappa shape index (κ2) is 9.13. The Morgan fingerprint density at radius 1 is 1.04 bits per heavy atom. The van der Waals surface area contributed by atoms with Crippen LogP contribution in [0.25, 0.3) is 0 Å². The van der Waals surface area contributed by atoms with Crippen molar-refractivity contribution >= 4 is 44.8 Å². The van der Waals surface area contributed by atoms with Crippen molar-refractivity contribution in [1.29, 1.82) is 0 Å². The fraction of sp³-hybridized carbons (Fsp3) is 0.316. The molecule has 1 aliphatic carbocycles. The van der Waals surface area contributed by atoms with E-state index in [1.165, 1.54) is 12.1 Å². The van der Waals surface area contributed by atoms with Crippen LogP contribution in [0.1, 0.15) is 31.2 Å². The van der Waals surface area contributed by atoms with Gasteiger partial charge in [0.2, 0.25) is 15.9 Å². The molecule has 1 amide bonds. The molecule has 0 bridgehead atoms. The third-order valence-corrected chi connectivity index (χ3v) is 6.54. The van der Waals surface area contributed by atoms with Gasteiger partial charge in [-0.15, -0.1) is 0 Å². The highest BCUT2D eigenvalue weighted by Gasteiger charge is 2.27. The highest BCUT2D eigenvalue weighted by Crippen LogP contribution is 2.24. The third kappa shape index (κ3) is 6.10. The molecule has 3 N–H and O–H groups in total. The number of benzene rings is 2. The molecule has 0 atom stereocenters. The number of hydrogen-bond acceptors (Lipinski definition) is 4. The van der Waals surface area contributed by atoms with E-state index in [9.17, 15) is 13.2 Å². The number of hydrogen-bond donors (Lipinski definition) is 3. The van der Waals surface area contributed by atoms with Gasteiger partial charge in [0.1, 0.15) is 0 Å². The number of rotatable bonds is 9. The molecule has 0 unspecified atom stereocenters. The van der Waals surface area contributed by atoms with Gasteiger partial charge >= 0.3 is 0 Å². The summed E-state index contributed by atoms with van der Waals surface area (Å²) in [7, 11) is -3.47. The maximum Gasteiger partial charge on any atom is 0.240 e. The van der Waals surface area contributed by atoms with Crippen molar-refractivity contribution in [3.05, 3.63) is 58.1 Å². The fourth-order valence-electron chi connectivity index (χ4n) is 2.56. The van der Waals surface area contributed by atoms with Gasteiger partial charge in [0, 0.05) is 12.5 Å². The van der Waals surface area contributed by atoms with Crippen molar-refractivity contribution in [1.82, 2.24) is 10.1 Å². The molecule has 150 valence electrons. The summed E-state index contributed by atoms with van der Waals surface area (Å²) in [5.74, 6) is -0.160. The molecule has 1 saturated carbocycles. The fourth-order valence-corrected chi connectivity index (χ4v) is 4.18. The van der Waals surface area contributed by atoms with E-state index in [1.807, 2.05) is 6.07 Å². The number of carbonyl (C=O) groups excluding carboxylic acids is 1. The summed E-state index contributed by atoms with van der Waals surface area (Å²) in [5, 5.41) is 1.01. The molecule has 0 radical (unpaired) electrons. The normalized spacial score (nSPS) is 13.9. The molecule has 0 saturated heterocycles. The predicted octanol–water partition coefficient (Wildman–Crippen LogP) is 3.90. The molecule has 2 aromatic carbocycles. The molecule has 9 heteroatoms. The van der Waals surface area contributed by atoms with Crippen LogP contribution < -0.4 is 15.6 Å². The largest absolute Gasteiger partial charge is 0.299 e. The monoisotopic (exact) mass is 441 g/mol. The molecular weight excluding hydrogens is 421 g/mol. The van der Waals surface area contributed by atoms with E-state index in [2.05, 4.69) is 15.6 Å². The smallest absolute Gasteiger partial charge is 0.240 e. The van der Waals surface area contributed by atoms with Gasteiger partial charge in [0.15, 0.2) is 0 Å². The van der Waals surface area contributed by atoms with Crippen LogP contribution >= 0.6 is 23.2 Å². The quantitative estimate of drug-likeness (QED) is 0.514. The molecular formula is C19H21Cl2N3O3S. The maximum absolute atomic E-state index is 12.1. The Labute approximate surface area is 174 Å². The summed E-state index contributed by atoms with van der Waals surface area (Å²) in [4.78, 5) is 12.2. The first-order valence-electron chi connectivity index (χ1n) is 8.95. The Kier molecular flexibility index (Phi) is 6.82. The van der Waals surface area contributed by atoms with Gasteiger partial charge in [-0.25, -0.2) is 13.1 Å². The lowest BCUT2D eigenvalue weighted by atomic mass is 10.1. The van der Waals surface area contributed by atoms with E-state index in [0.29, 0.717) is 35.0 Å². The average Bonchev–Trinajstić information content (AvgIpc) is 3.46. The second-order valence-corrected chi connectivity index (χ2v) is 9.22. The Morgan fingerprint density at radius 2 is 1.75 bits per heavy atom. The van der Waals surface area contributed by atoms with E-state index in [1.54, 1.807) is 24.3 Å². The standard InChI is InChI=1S/C19H21Cl2N3O3S/c20-17-11-4-13(12-18(17)21)2-1-3-19(25)23-22-14-7-9-16(10-8-14)28(26,27)24-15-5-6-15/h4,7-12,15,22,24H,1-3,5-6H2,(H,23,25). The average molecular weight is 442 g/mol. The van der Waals surface area contributed by atoms with Crippen LogP contribution in [-0.4, -0.2) is 20.4 Å². The summed E-state index contributed by atoms with van der Waals surface area (Å²) in [6, 6.07) is 11.7. The molecule has 2 aromatic rings. The zero-order chi connectivity index (χ0) is 20.1. The van der Waals surface area contributed by atoms with E-state index < -0.39 is 10.0 Å². The summed E-state index contributed by atoms with van der Waals surface area (Å²) in [5.41, 5.74) is 7.01. The molecule has 0 spiro atoms. The van der Waals surface area contributed by atoms with Gasteiger partial charge in [-0.1, -0.05) is 29.3 Å². The number of carbonyl (C=O) groups is 1. The third-order valence-electron chi connectivity index (χ3n) is 4.26. The van der Waals surface area contributed by atoms with Crippen LogP contribution in [0.4, 0.5) is 5.69 Å². The Bertz CT molecular complexity index is 945. The van der Waals surface area contributed by atoms with Gasteiger partial charge in [-0.3, -0.25) is 15.6 Å². The number of anilines is 1. The lowest BCUT2D eigenvalue weighted by molar-refractivity contribution is -0.120. The zero-order valence-electron chi connectivity index (χ0n) is 15.0. The molecule has 0 aromatic heterocycles. The lowest BCUT2D eigenvalue weighted by Gasteiger charge is -2.10. The molecule has 0 heterocycles. The Balaban J connectivity index is 1.42. The second-order valence-electron chi connectivity index (χ2n) is 6.70. The SMILES string of the molecule is O=C(CCCc1ccc(Cl)c(Cl)c1)NNc1ccc(S(=O)(=O)NC2CC2)cc1. The van der Waals surface area contributed by atoms with Gasteiger partial charge < -0.3 is 0 Å². The van der Waals surface area contributed by atoms with Crippen LogP contribution in [0, 0.1) is 0 Å². The van der Waals surface area contributed by atoms with Crippen LogP contribution in [0.2, 0.25) is 10.0 Å². The number of halogens is 2. The number of sulfonamides is 1.